The molecule has 17 heavy (non-hydrogen) atoms. The van der Waals surface area contributed by atoms with Crippen LogP contribution < -0.4 is 4.72 Å². The number of aromatic nitrogens is 1. The summed E-state index contributed by atoms with van der Waals surface area (Å²) in [6.45, 7) is 3.73. The van der Waals surface area contributed by atoms with Crippen LogP contribution in [0.15, 0.2) is 23.2 Å². The van der Waals surface area contributed by atoms with Crippen molar-refractivity contribution in [3.05, 3.63) is 23.5 Å². The van der Waals surface area contributed by atoms with Crippen molar-refractivity contribution in [1.82, 2.24) is 9.71 Å². The van der Waals surface area contributed by atoms with Crippen LogP contribution in [0.3, 0.4) is 0 Å². The van der Waals surface area contributed by atoms with E-state index in [0.717, 1.165) is 0 Å². The zero-order valence-electron chi connectivity index (χ0n) is 9.90. The third kappa shape index (κ3) is 4.23. The van der Waals surface area contributed by atoms with Gasteiger partial charge in [-0.15, -0.1) is 0 Å². The maximum atomic E-state index is 12.0. The van der Waals surface area contributed by atoms with Crippen LogP contribution in [0.25, 0.3) is 0 Å². The molecule has 96 valence electrons. The Morgan fingerprint density at radius 1 is 1.53 bits per heavy atom. The highest BCUT2D eigenvalue weighted by atomic mass is 35.5. The zero-order chi connectivity index (χ0) is 13.1. The van der Waals surface area contributed by atoms with Gasteiger partial charge >= 0.3 is 0 Å². The minimum absolute atomic E-state index is 0.0849. The molecule has 1 aromatic heterocycles. The van der Waals surface area contributed by atoms with Gasteiger partial charge in [-0.3, -0.25) is 0 Å². The third-order valence-electron chi connectivity index (χ3n) is 1.92. The molecule has 1 heterocycles. The average Bonchev–Trinajstić information content (AvgIpc) is 2.15. The first-order valence-corrected chi connectivity index (χ1v) is 6.77. The van der Waals surface area contributed by atoms with Crippen molar-refractivity contribution in [1.29, 1.82) is 0 Å². The van der Waals surface area contributed by atoms with Crippen molar-refractivity contribution >= 4 is 21.6 Å². The van der Waals surface area contributed by atoms with Crippen LogP contribution >= 0.6 is 11.6 Å². The van der Waals surface area contributed by atoms with Crippen molar-refractivity contribution in [3.8, 4) is 0 Å². The molecule has 1 aromatic rings. The number of ether oxygens (including phenoxy) is 1. The molecular weight excluding hydrogens is 264 g/mol. The van der Waals surface area contributed by atoms with Gasteiger partial charge in [-0.25, -0.2) is 18.1 Å². The zero-order valence-corrected chi connectivity index (χ0v) is 11.5. The fourth-order valence-corrected chi connectivity index (χ4v) is 3.01. The van der Waals surface area contributed by atoms with E-state index >= 15 is 0 Å². The van der Waals surface area contributed by atoms with Crippen molar-refractivity contribution in [2.24, 2.45) is 0 Å². The van der Waals surface area contributed by atoms with Crippen molar-refractivity contribution < 1.29 is 13.2 Å². The van der Waals surface area contributed by atoms with Gasteiger partial charge in [-0.2, -0.15) is 0 Å². The monoisotopic (exact) mass is 278 g/mol. The van der Waals surface area contributed by atoms with E-state index in [1.807, 2.05) is 0 Å². The van der Waals surface area contributed by atoms with Gasteiger partial charge in [0.15, 0.2) is 0 Å². The van der Waals surface area contributed by atoms with E-state index in [9.17, 15) is 8.42 Å². The van der Waals surface area contributed by atoms with E-state index in [4.69, 9.17) is 16.3 Å². The summed E-state index contributed by atoms with van der Waals surface area (Å²) in [6, 6.07) is 2.68. The summed E-state index contributed by atoms with van der Waals surface area (Å²) in [6.07, 6.45) is 1.35. The van der Waals surface area contributed by atoms with Crippen LogP contribution in [0.2, 0.25) is 5.15 Å². The Bertz CT molecular complexity index is 488. The fourth-order valence-electron chi connectivity index (χ4n) is 1.36. The van der Waals surface area contributed by atoms with Gasteiger partial charge in [0.1, 0.15) is 5.15 Å². The Kier molecular flexibility index (Phi) is 4.48. The highest BCUT2D eigenvalue weighted by Gasteiger charge is 2.26. The minimum Gasteiger partial charge on any atom is -0.383 e. The molecule has 1 rings (SSSR count). The number of hydrogen-bond donors (Lipinski definition) is 1. The minimum atomic E-state index is -3.62. The molecule has 0 unspecified atom stereocenters. The number of nitrogens with zero attached hydrogens (tertiary/aromatic N) is 1. The predicted octanol–water partition coefficient (Wildman–Crippen LogP) is 1.44. The highest BCUT2D eigenvalue weighted by Crippen LogP contribution is 2.15. The maximum Gasteiger partial charge on any atom is 0.241 e. The van der Waals surface area contributed by atoms with Crippen LogP contribution in [0.4, 0.5) is 0 Å². The Morgan fingerprint density at radius 3 is 2.71 bits per heavy atom. The summed E-state index contributed by atoms with van der Waals surface area (Å²) in [5.41, 5.74) is -0.691. The topological polar surface area (TPSA) is 68.3 Å². The van der Waals surface area contributed by atoms with E-state index in [1.165, 1.54) is 25.4 Å². The Balaban J connectivity index is 2.97. The van der Waals surface area contributed by atoms with Crippen LogP contribution in [0.1, 0.15) is 13.8 Å². The van der Waals surface area contributed by atoms with E-state index < -0.39 is 15.6 Å². The normalized spacial score (nSPS) is 12.7. The maximum absolute atomic E-state index is 12.0. The molecule has 0 aliphatic rings. The molecule has 0 spiro atoms. The molecule has 7 heteroatoms. The summed E-state index contributed by atoms with van der Waals surface area (Å²) < 4.78 is 31.5. The summed E-state index contributed by atoms with van der Waals surface area (Å²) in [5.74, 6) is 0. The van der Waals surface area contributed by atoms with E-state index in [2.05, 4.69) is 9.71 Å². The van der Waals surface area contributed by atoms with Crippen LogP contribution in [-0.2, 0) is 14.8 Å². The van der Waals surface area contributed by atoms with Crippen LogP contribution in [0.5, 0.6) is 0 Å². The second-order valence-electron chi connectivity index (χ2n) is 4.24. The van der Waals surface area contributed by atoms with Crippen LogP contribution in [0, 0.1) is 0 Å². The average molecular weight is 279 g/mol. The predicted molar refractivity (Wildman–Crippen MR) is 65.5 cm³/mol. The molecule has 0 saturated carbocycles. The SMILES string of the molecule is COCC(C)(C)NS(=O)(=O)c1ccnc(Cl)c1. The number of pyridine rings is 1. The first kappa shape index (κ1) is 14.4. The van der Waals surface area contributed by atoms with Crippen molar-refractivity contribution in [2.45, 2.75) is 24.3 Å². The lowest BCUT2D eigenvalue weighted by atomic mass is 10.1. The molecular formula is C10H15ClN2O3S. The quantitative estimate of drug-likeness (QED) is 0.828. The molecule has 0 fully saturated rings. The Morgan fingerprint density at radius 2 is 2.18 bits per heavy atom. The number of rotatable bonds is 5. The van der Waals surface area contributed by atoms with Gasteiger partial charge in [0.25, 0.3) is 0 Å². The van der Waals surface area contributed by atoms with Crippen LogP contribution in [-0.4, -0.2) is 32.7 Å². The second-order valence-corrected chi connectivity index (χ2v) is 6.31. The fraction of sp³-hybridized carbons (Fsp3) is 0.500. The smallest absolute Gasteiger partial charge is 0.241 e. The van der Waals surface area contributed by atoms with E-state index in [0.29, 0.717) is 0 Å². The van der Waals surface area contributed by atoms with Gasteiger partial charge in [-0.1, -0.05) is 11.6 Å². The lowest BCUT2D eigenvalue weighted by Crippen LogP contribution is -2.46. The molecule has 0 bridgehead atoms. The lowest BCUT2D eigenvalue weighted by Gasteiger charge is -2.24. The largest absolute Gasteiger partial charge is 0.383 e. The number of methoxy groups -OCH3 is 1. The van der Waals surface area contributed by atoms with Crippen molar-refractivity contribution in [3.63, 3.8) is 0 Å². The molecule has 0 radical (unpaired) electrons. The van der Waals surface area contributed by atoms with Gasteiger partial charge in [-0.05, 0) is 26.0 Å². The molecule has 5 nitrogen and oxygen atoms in total. The van der Waals surface area contributed by atoms with Crippen molar-refractivity contribution in [2.75, 3.05) is 13.7 Å². The first-order chi connectivity index (χ1) is 7.77. The third-order valence-corrected chi connectivity index (χ3v) is 3.83. The van der Waals surface area contributed by atoms with Gasteiger partial charge in [0.2, 0.25) is 10.0 Å². The second kappa shape index (κ2) is 5.30. The Hall–Kier alpha value is -0.690. The number of hydrogen-bond acceptors (Lipinski definition) is 4. The molecule has 0 atom stereocenters. The van der Waals surface area contributed by atoms with Gasteiger partial charge in [0.05, 0.1) is 17.0 Å². The summed E-state index contributed by atoms with van der Waals surface area (Å²) in [5, 5.41) is 0.137. The van der Waals surface area contributed by atoms with Gasteiger partial charge in [0, 0.05) is 13.3 Å². The van der Waals surface area contributed by atoms with E-state index in [-0.39, 0.29) is 16.7 Å². The number of sulfonamides is 1. The highest BCUT2D eigenvalue weighted by molar-refractivity contribution is 7.89. The summed E-state index contributed by atoms with van der Waals surface area (Å²) >= 11 is 5.66. The Labute approximate surface area is 106 Å². The molecule has 1 N–H and O–H groups in total. The number of nitrogens with one attached hydrogen (secondary N) is 1. The molecule has 0 aliphatic heterocycles. The molecule has 0 aliphatic carbocycles. The lowest BCUT2D eigenvalue weighted by molar-refractivity contribution is 0.141. The van der Waals surface area contributed by atoms with Gasteiger partial charge < -0.3 is 4.74 Å². The molecule has 0 saturated heterocycles. The number of halogens is 1. The summed E-state index contributed by atoms with van der Waals surface area (Å²) in [4.78, 5) is 3.82. The van der Waals surface area contributed by atoms with E-state index in [1.54, 1.807) is 13.8 Å². The molecule has 0 amide bonds. The standard InChI is InChI=1S/C10H15ClN2O3S/c1-10(2,7-16-3)13-17(14,15)8-4-5-12-9(11)6-8/h4-6,13H,7H2,1-3H3. The summed E-state index contributed by atoms with van der Waals surface area (Å²) in [7, 11) is -2.10. The first-order valence-electron chi connectivity index (χ1n) is 4.91. The molecule has 0 aromatic carbocycles.